The zero-order valence-electron chi connectivity index (χ0n) is 21.2. The van der Waals surface area contributed by atoms with Gasteiger partial charge in [0, 0.05) is 25.8 Å². The monoisotopic (exact) mass is 517 g/mol. The molecule has 0 aromatic heterocycles. The van der Waals surface area contributed by atoms with E-state index >= 15 is 0 Å². The van der Waals surface area contributed by atoms with Crippen molar-refractivity contribution >= 4 is 16.0 Å². The lowest BCUT2D eigenvalue weighted by Crippen LogP contribution is -2.34. The number of benzene rings is 2. The fraction of sp³-hybridized carbons (Fsp3) is 0.423. The molecule has 0 spiro atoms. The molecule has 2 aromatic rings. The average molecular weight is 518 g/mol. The summed E-state index contributed by atoms with van der Waals surface area (Å²) < 4.78 is 39.9. The number of ether oxygens (including phenoxy) is 2. The van der Waals surface area contributed by atoms with E-state index in [1.54, 1.807) is 38.2 Å². The molecule has 1 aliphatic heterocycles. The maximum absolute atomic E-state index is 13.4. The highest BCUT2D eigenvalue weighted by molar-refractivity contribution is 7.89. The first-order valence-electron chi connectivity index (χ1n) is 11.8. The molecule has 0 saturated heterocycles. The molecule has 0 amide bonds. The lowest BCUT2D eigenvalue weighted by Gasteiger charge is -2.31. The second-order valence-electron chi connectivity index (χ2n) is 9.31. The fourth-order valence-corrected chi connectivity index (χ4v) is 5.50. The van der Waals surface area contributed by atoms with Crippen molar-refractivity contribution in [2.24, 2.45) is 11.1 Å². The Balaban J connectivity index is 1.95. The molecule has 0 bridgehead atoms. The van der Waals surface area contributed by atoms with Crippen molar-refractivity contribution in [3.8, 4) is 5.75 Å². The van der Waals surface area contributed by atoms with Gasteiger partial charge in [-0.2, -0.15) is 4.31 Å². The molecule has 0 fully saturated rings. The van der Waals surface area contributed by atoms with E-state index < -0.39 is 27.5 Å². The van der Waals surface area contributed by atoms with E-state index in [2.05, 4.69) is 5.32 Å². The summed E-state index contributed by atoms with van der Waals surface area (Å²) in [5.41, 5.74) is 7.43. The Morgan fingerprint density at radius 2 is 2.03 bits per heavy atom. The Morgan fingerprint density at radius 1 is 1.31 bits per heavy atom. The molecule has 1 atom stereocenters. The van der Waals surface area contributed by atoms with E-state index in [4.69, 9.17) is 15.2 Å². The summed E-state index contributed by atoms with van der Waals surface area (Å²) in [7, 11) is -3.79. The van der Waals surface area contributed by atoms with Gasteiger partial charge in [-0.05, 0) is 56.5 Å². The number of nitrogens with one attached hydrogen (secondary N) is 1. The van der Waals surface area contributed by atoms with Crippen LogP contribution in [0.2, 0.25) is 0 Å². The normalized spacial score (nSPS) is 16.9. The van der Waals surface area contributed by atoms with Crippen LogP contribution in [0.1, 0.15) is 43.6 Å². The number of carbonyl (C=O) groups is 1. The van der Waals surface area contributed by atoms with Crippen molar-refractivity contribution in [3.05, 3.63) is 71.1 Å². The summed E-state index contributed by atoms with van der Waals surface area (Å²) in [5, 5.41) is 12.9. The molecule has 0 aliphatic carbocycles. The van der Waals surface area contributed by atoms with E-state index in [1.165, 1.54) is 10.4 Å². The summed E-state index contributed by atoms with van der Waals surface area (Å²) in [6.45, 7) is 8.27. The third-order valence-electron chi connectivity index (χ3n) is 6.20. The van der Waals surface area contributed by atoms with Crippen molar-refractivity contribution in [1.82, 2.24) is 9.62 Å². The number of nitrogens with zero attached hydrogens (tertiary/aromatic N) is 1. The lowest BCUT2D eigenvalue weighted by atomic mass is 9.81. The Kier molecular flexibility index (Phi) is 8.65. The second-order valence-corrected chi connectivity index (χ2v) is 11.2. The predicted molar refractivity (Wildman–Crippen MR) is 137 cm³/mol. The molecule has 1 unspecified atom stereocenters. The quantitative estimate of drug-likeness (QED) is 0.438. The number of hydrogen-bond donors (Lipinski definition) is 3. The van der Waals surface area contributed by atoms with Crippen LogP contribution in [0.5, 0.6) is 5.75 Å². The smallest absolute Gasteiger partial charge is 0.312 e. The van der Waals surface area contributed by atoms with Crippen LogP contribution in [-0.2, 0) is 26.1 Å². The molecule has 1 heterocycles. The number of aliphatic carboxylic acids is 1. The first-order valence-corrected chi connectivity index (χ1v) is 13.3. The first-order chi connectivity index (χ1) is 17.0. The largest absolute Gasteiger partial charge is 0.491 e. The molecule has 1 aliphatic rings. The molecular weight excluding hydrogens is 482 g/mol. The van der Waals surface area contributed by atoms with Gasteiger partial charge in [0.1, 0.15) is 17.3 Å². The van der Waals surface area contributed by atoms with Crippen molar-refractivity contribution in [3.63, 3.8) is 0 Å². The number of fused-ring (bicyclic) bond motifs is 1. The van der Waals surface area contributed by atoms with Crippen molar-refractivity contribution < 1.29 is 27.8 Å². The van der Waals surface area contributed by atoms with E-state index in [9.17, 15) is 18.3 Å². The Morgan fingerprint density at radius 3 is 2.72 bits per heavy atom. The number of carboxylic acid groups (broad SMARTS) is 1. The summed E-state index contributed by atoms with van der Waals surface area (Å²) in [4.78, 5) is 12.3. The van der Waals surface area contributed by atoms with Crippen LogP contribution >= 0.6 is 0 Å². The van der Waals surface area contributed by atoms with Crippen LogP contribution in [0.15, 0.2) is 59.3 Å². The molecular formula is C26H35N3O6S. The summed E-state index contributed by atoms with van der Waals surface area (Å²) >= 11 is 0. The minimum absolute atomic E-state index is 0.0339. The highest BCUT2D eigenvalue weighted by Crippen LogP contribution is 2.38. The highest BCUT2D eigenvalue weighted by Gasteiger charge is 2.39. The molecule has 9 nitrogen and oxygen atoms in total. The topological polar surface area (TPSA) is 131 Å². The summed E-state index contributed by atoms with van der Waals surface area (Å²) in [6, 6.07) is 12.1. The number of sulfonamides is 1. The standard InChI is InChI=1S/C26H35N3O6S/c1-5-28-15-21(27)17-35-24(26(3,4)25(30)31)19-11-10-18(2)20(14-19)16-29-12-13-34-22-8-6-7-9-23(22)36(29,32)33/h6-11,14-15,24,28H,5,12-13,16-17,27H2,1-4H3,(H,30,31)/b21-15-. The first kappa shape index (κ1) is 27.5. The predicted octanol–water partition coefficient (Wildman–Crippen LogP) is 3.16. The van der Waals surface area contributed by atoms with Gasteiger partial charge in [0.2, 0.25) is 10.0 Å². The van der Waals surface area contributed by atoms with Crippen LogP contribution in [0.4, 0.5) is 0 Å². The molecule has 36 heavy (non-hydrogen) atoms. The van der Waals surface area contributed by atoms with E-state index in [0.29, 0.717) is 23.6 Å². The van der Waals surface area contributed by atoms with Gasteiger partial charge in [0.25, 0.3) is 0 Å². The van der Waals surface area contributed by atoms with E-state index in [0.717, 1.165) is 11.1 Å². The Bertz CT molecular complexity index is 1230. The number of aryl methyl sites for hydroxylation is 1. The molecule has 0 radical (unpaired) electrons. The van der Waals surface area contributed by atoms with Gasteiger partial charge in [-0.25, -0.2) is 8.42 Å². The van der Waals surface area contributed by atoms with Gasteiger partial charge in [0.05, 0.1) is 23.8 Å². The number of para-hydroxylation sites is 1. The van der Waals surface area contributed by atoms with Gasteiger partial charge < -0.3 is 25.6 Å². The zero-order valence-corrected chi connectivity index (χ0v) is 22.0. The van der Waals surface area contributed by atoms with Gasteiger partial charge in [-0.3, -0.25) is 4.79 Å². The Hall–Kier alpha value is -3.08. The maximum Gasteiger partial charge on any atom is 0.312 e. The minimum atomic E-state index is -3.79. The van der Waals surface area contributed by atoms with Crippen LogP contribution < -0.4 is 15.8 Å². The third kappa shape index (κ3) is 6.00. The molecule has 10 heteroatoms. The van der Waals surface area contributed by atoms with Gasteiger partial charge in [-0.1, -0.05) is 30.3 Å². The second kappa shape index (κ2) is 11.3. The molecule has 0 saturated carbocycles. The van der Waals surface area contributed by atoms with E-state index in [1.807, 2.05) is 32.0 Å². The van der Waals surface area contributed by atoms with Gasteiger partial charge in [-0.15, -0.1) is 0 Å². The van der Waals surface area contributed by atoms with Gasteiger partial charge in [0.15, 0.2) is 0 Å². The Labute approximate surface area is 212 Å². The number of hydrogen-bond acceptors (Lipinski definition) is 7. The number of nitrogens with two attached hydrogens (primary N) is 1. The van der Waals surface area contributed by atoms with Gasteiger partial charge >= 0.3 is 5.97 Å². The van der Waals surface area contributed by atoms with E-state index in [-0.39, 0.29) is 31.2 Å². The number of rotatable bonds is 10. The van der Waals surface area contributed by atoms with Crippen LogP contribution in [0.25, 0.3) is 0 Å². The minimum Gasteiger partial charge on any atom is -0.491 e. The van der Waals surface area contributed by atoms with Crippen LogP contribution in [0, 0.1) is 12.3 Å². The molecule has 196 valence electrons. The number of carboxylic acids is 1. The van der Waals surface area contributed by atoms with Crippen LogP contribution in [0.3, 0.4) is 0 Å². The van der Waals surface area contributed by atoms with Crippen molar-refractivity contribution in [2.75, 3.05) is 26.3 Å². The molecule has 2 aromatic carbocycles. The van der Waals surface area contributed by atoms with Crippen molar-refractivity contribution in [1.29, 1.82) is 0 Å². The summed E-state index contributed by atoms with van der Waals surface area (Å²) in [6.07, 6.45) is 0.808. The molecule has 4 N–H and O–H groups in total. The average Bonchev–Trinajstić information content (AvgIpc) is 2.95. The summed E-state index contributed by atoms with van der Waals surface area (Å²) in [5.74, 6) is -0.682. The maximum atomic E-state index is 13.4. The fourth-order valence-electron chi connectivity index (χ4n) is 3.97. The SMILES string of the molecule is CCN/C=C(\N)COC(c1ccc(C)c(CN2CCOc3ccccc3S2(=O)=O)c1)C(C)(C)C(=O)O. The van der Waals surface area contributed by atoms with Crippen molar-refractivity contribution in [2.45, 2.75) is 45.2 Å². The third-order valence-corrected chi connectivity index (χ3v) is 8.09. The lowest BCUT2D eigenvalue weighted by molar-refractivity contribution is -0.156. The van der Waals surface area contributed by atoms with Crippen LogP contribution in [-0.4, -0.2) is 50.1 Å². The highest BCUT2D eigenvalue weighted by atomic mass is 32.2. The molecule has 3 rings (SSSR count). The zero-order chi connectivity index (χ0) is 26.5.